The molecular formula is C4H8INO2. The second-order valence-corrected chi connectivity index (χ2v) is 2.08. The summed E-state index contributed by atoms with van der Waals surface area (Å²) in [5.74, 6) is -0.417. The number of nitrogens with one attached hydrogen (secondary N) is 1. The molecule has 1 atom stereocenters. The van der Waals surface area contributed by atoms with E-state index in [1.54, 1.807) is 29.8 Å². The Morgan fingerprint density at radius 3 is 2.62 bits per heavy atom. The Hall–Kier alpha value is 0.160. The average Bonchev–Trinajstić information content (AvgIpc) is 1.84. The summed E-state index contributed by atoms with van der Waals surface area (Å²) in [6.07, 6.45) is 0. The van der Waals surface area contributed by atoms with Crippen LogP contribution in [0.4, 0.5) is 0 Å². The SMILES string of the molecule is CC(CO)C(=O)NI. The maximum atomic E-state index is 10.5. The van der Waals surface area contributed by atoms with E-state index >= 15 is 0 Å². The van der Waals surface area contributed by atoms with Crippen molar-refractivity contribution < 1.29 is 9.90 Å². The van der Waals surface area contributed by atoms with Gasteiger partial charge in [-0.1, -0.05) is 6.92 Å². The normalized spacial score (nSPS) is 12.9. The Bertz CT molecular complexity index is 86.1. The minimum absolute atomic E-state index is 0.0885. The van der Waals surface area contributed by atoms with Gasteiger partial charge in [0.25, 0.3) is 0 Å². The minimum atomic E-state index is -0.285. The first-order chi connectivity index (χ1) is 3.72. The third-order valence-corrected chi connectivity index (χ3v) is 1.35. The van der Waals surface area contributed by atoms with Crippen LogP contribution in [-0.4, -0.2) is 17.6 Å². The Balaban J connectivity index is 3.46. The zero-order chi connectivity index (χ0) is 6.57. The lowest BCUT2D eigenvalue weighted by atomic mass is 10.2. The van der Waals surface area contributed by atoms with Gasteiger partial charge in [-0.05, 0) is 0 Å². The van der Waals surface area contributed by atoms with Crippen LogP contribution in [-0.2, 0) is 4.79 Å². The van der Waals surface area contributed by atoms with Crippen molar-refractivity contribution in [3.8, 4) is 0 Å². The van der Waals surface area contributed by atoms with Crippen molar-refractivity contribution in [3.05, 3.63) is 0 Å². The number of halogens is 1. The van der Waals surface area contributed by atoms with Gasteiger partial charge >= 0.3 is 0 Å². The second kappa shape index (κ2) is 4.08. The molecule has 2 N–H and O–H groups in total. The van der Waals surface area contributed by atoms with Crippen LogP contribution in [0.2, 0.25) is 0 Å². The number of carbonyl (C=O) groups is 1. The molecule has 4 heteroatoms. The quantitative estimate of drug-likeness (QED) is 0.520. The Kier molecular flexibility index (Phi) is 4.16. The number of hydrogen-bond acceptors (Lipinski definition) is 2. The van der Waals surface area contributed by atoms with Gasteiger partial charge in [-0.25, -0.2) is 0 Å². The molecule has 0 saturated heterocycles. The summed E-state index contributed by atoms with van der Waals surface area (Å²) in [6, 6.07) is 0. The summed E-state index contributed by atoms with van der Waals surface area (Å²) in [4.78, 5) is 10.5. The lowest BCUT2D eigenvalue weighted by Crippen LogP contribution is -2.23. The molecule has 0 aromatic heterocycles. The van der Waals surface area contributed by atoms with E-state index in [2.05, 4.69) is 3.53 Å². The van der Waals surface area contributed by atoms with Gasteiger partial charge in [0.15, 0.2) is 0 Å². The van der Waals surface area contributed by atoms with Crippen LogP contribution in [0.3, 0.4) is 0 Å². The Labute approximate surface area is 62.0 Å². The Morgan fingerprint density at radius 1 is 2.00 bits per heavy atom. The first-order valence-corrected chi connectivity index (χ1v) is 3.31. The monoisotopic (exact) mass is 229 g/mol. The lowest BCUT2D eigenvalue weighted by Gasteiger charge is -2.01. The number of carbonyl (C=O) groups excluding carboxylic acids is 1. The fourth-order valence-corrected chi connectivity index (χ4v) is 0.708. The molecule has 8 heavy (non-hydrogen) atoms. The number of aliphatic hydroxyl groups is 1. The predicted octanol–water partition coefficient (Wildman–Crippen LogP) is 0.0810. The summed E-state index contributed by atoms with van der Waals surface area (Å²) >= 11 is 1.74. The molecule has 48 valence electrons. The first-order valence-electron chi connectivity index (χ1n) is 2.23. The standard InChI is InChI=1S/C4H8INO2/c1-3(2-7)4(8)6-5/h3,7H,2H2,1H3,(H,6,8). The maximum absolute atomic E-state index is 10.5. The molecule has 3 nitrogen and oxygen atoms in total. The summed E-state index contributed by atoms with van der Waals surface area (Å²) in [6.45, 7) is 1.57. The predicted molar refractivity (Wildman–Crippen MR) is 38.4 cm³/mol. The Morgan fingerprint density at radius 2 is 2.50 bits per heavy atom. The molecule has 0 aliphatic carbocycles. The van der Waals surface area contributed by atoms with Crippen molar-refractivity contribution in [2.75, 3.05) is 6.61 Å². The molecule has 0 aromatic carbocycles. The molecule has 0 spiro atoms. The van der Waals surface area contributed by atoms with E-state index in [0.29, 0.717) is 0 Å². The van der Waals surface area contributed by atoms with Gasteiger partial charge in [-0.2, -0.15) is 0 Å². The molecule has 0 fully saturated rings. The number of rotatable bonds is 2. The van der Waals surface area contributed by atoms with Gasteiger partial charge in [0, 0.05) is 0 Å². The fraction of sp³-hybridized carbons (Fsp3) is 0.750. The first kappa shape index (κ1) is 8.16. The van der Waals surface area contributed by atoms with Crippen molar-refractivity contribution in [2.45, 2.75) is 6.92 Å². The molecule has 0 saturated carbocycles. The maximum Gasteiger partial charge on any atom is 0.233 e. The zero-order valence-corrected chi connectivity index (χ0v) is 6.68. The molecule has 0 radical (unpaired) electrons. The van der Waals surface area contributed by atoms with Gasteiger partial charge < -0.3 is 5.11 Å². The summed E-state index contributed by atoms with van der Waals surface area (Å²) < 4.78 is 2.39. The van der Waals surface area contributed by atoms with Crippen LogP contribution in [0.5, 0.6) is 0 Å². The van der Waals surface area contributed by atoms with Gasteiger partial charge in [-0.3, -0.25) is 8.32 Å². The van der Waals surface area contributed by atoms with E-state index in [0.717, 1.165) is 0 Å². The molecule has 1 unspecified atom stereocenters. The van der Waals surface area contributed by atoms with E-state index in [1.165, 1.54) is 0 Å². The number of amides is 1. The average molecular weight is 229 g/mol. The topological polar surface area (TPSA) is 49.3 Å². The van der Waals surface area contributed by atoms with Crippen molar-refractivity contribution >= 4 is 28.8 Å². The lowest BCUT2D eigenvalue weighted by molar-refractivity contribution is -0.123. The molecule has 0 rings (SSSR count). The minimum Gasteiger partial charge on any atom is -0.396 e. The highest BCUT2D eigenvalue weighted by Gasteiger charge is 2.07. The second-order valence-electron chi connectivity index (χ2n) is 1.54. The van der Waals surface area contributed by atoms with Crippen LogP contribution in [0.15, 0.2) is 0 Å². The highest BCUT2D eigenvalue weighted by molar-refractivity contribution is 14.1. The number of hydrogen-bond donors (Lipinski definition) is 2. The van der Waals surface area contributed by atoms with Crippen molar-refractivity contribution in [1.82, 2.24) is 3.53 Å². The van der Waals surface area contributed by atoms with Crippen molar-refractivity contribution in [2.24, 2.45) is 5.92 Å². The van der Waals surface area contributed by atoms with E-state index in [-0.39, 0.29) is 18.4 Å². The third kappa shape index (κ3) is 2.46. The summed E-state index contributed by atoms with van der Waals surface area (Å²) in [7, 11) is 0. The molecule has 0 aliphatic rings. The molecule has 0 aromatic rings. The molecule has 0 heterocycles. The largest absolute Gasteiger partial charge is 0.396 e. The third-order valence-electron chi connectivity index (χ3n) is 0.815. The van der Waals surface area contributed by atoms with Gasteiger partial charge in [0.2, 0.25) is 5.91 Å². The van der Waals surface area contributed by atoms with Gasteiger partial charge in [-0.15, -0.1) is 0 Å². The van der Waals surface area contributed by atoms with E-state index in [4.69, 9.17) is 5.11 Å². The highest BCUT2D eigenvalue weighted by atomic mass is 127. The van der Waals surface area contributed by atoms with Crippen molar-refractivity contribution in [1.29, 1.82) is 0 Å². The van der Waals surface area contributed by atoms with E-state index in [9.17, 15) is 4.79 Å². The molecule has 0 aliphatic heterocycles. The smallest absolute Gasteiger partial charge is 0.233 e. The molecular weight excluding hydrogens is 221 g/mol. The van der Waals surface area contributed by atoms with E-state index in [1.807, 2.05) is 0 Å². The fourth-order valence-electron chi connectivity index (χ4n) is 0.176. The van der Waals surface area contributed by atoms with Crippen LogP contribution >= 0.6 is 22.9 Å². The molecule has 1 amide bonds. The van der Waals surface area contributed by atoms with Crippen LogP contribution in [0.25, 0.3) is 0 Å². The number of aliphatic hydroxyl groups excluding tert-OH is 1. The van der Waals surface area contributed by atoms with Crippen LogP contribution in [0.1, 0.15) is 6.92 Å². The van der Waals surface area contributed by atoms with Gasteiger partial charge in [0.1, 0.15) is 0 Å². The molecule has 0 bridgehead atoms. The van der Waals surface area contributed by atoms with Crippen molar-refractivity contribution in [3.63, 3.8) is 0 Å². The summed E-state index contributed by atoms with van der Waals surface area (Å²) in [5.41, 5.74) is 0. The van der Waals surface area contributed by atoms with Gasteiger partial charge in [0.05, 0.1) is 35.4 Å². The highest BCUT2D eigenvalue weighted by Crippen LogP contribution is 1.92. The summed E-state index contributed by atoms with van der Waals surface area (Å²) in [5, 5.41) is 8.37. The van der Waals surface area contributed by atoms with E-state index < -0.39 is 0 Å². The van der Waals surface area contributed by atoms with Crippen LogP contribution < -0.4 is 3.53 Å². The van der Waals surface area contributed by atoms with Crippen LogP contribution in [0, 0.1) is 5.92 Å². The zero-order valence-electron chi connectivity index (χ0n) is 4.52.